The van der Waals surface area contributed by atoms with E-state index in [1.165, 1.54) is 17.2 Å². The van der Waals surface area contributed by atoms with Gasteiger partial charge in [0.25, 0.3) is 0 Å². The molecule has 5 nitrogen and oxygen atoms in total. The number of hydrogen-bond acceptors (Lipinski definition) is 5. The van der Waals surface area contributed by atoms with Gasteiger partial charge in [-0.1, -0.05) is 19.1 Å². The molecule has 29 heavy (non-hydrogen) atoms. The lowest BCUT2D eigenvalue weighted by atomic mass is 9.81. The fourth-order valence-electron chi connectivity index (χ4n) is 5.42. The van der Waals surface area contributed by atoms with E-state index in [1.54, 1.807) is 7.11 Å². The summed E-state index contributed by atoms with van der Waals surface area (Å²) in [5, 5.41) is 1.17. The van der Waals surface area contributed by atoms with Crippen LogP contribution >= 0.6 is 0 Å². The lowest BCUT2D eigenvalue weighted by molar-refractivity contribution is -0.116. The zero-order valence-corrected chi connectivity index (χ0v) is 17.9. The maximum absolute atomic E-state index is 12.1. The monoisotopic (exact) mass is 395 g/mol. The number of benzene rings is 1. The van der Waals surface area contributed by atoms with Crippen LogP contribution in [0.3, 0.4) is 0 Å². The Bertz CT molecular complexity index is 847. The van der Waals surface area contributed by atoms with Gasteiger partial charge in [0, 0.05) is 24.7 Å². The molecular formula is C24H33N3O2. The highest BCUT2D eigenvalue weighted by atomic mass is 16.5. The van der Waals surface area contributed by atoms with E-state index >= 15 is 0 Å². The zero-order valence-electron chi connectivity index (χ0n) is 17.9. The summed E-state index contributed by atoms with van der Waals surface area (Å²) in [4.78, 5) is 21.6. The zero-order chi connectivity index (χ0) is 20.4. The number of carbonyl (C=O) groups excluding carboxylic acids is 1. The molecule has 0 spiro atoms. The van der Waals surface area contributed by atoms with E-state index in [0.717, 1.165) is 56.7 Å². The molecular weight excluding hydrogens is 362 g/mol. The van der Waals surface area contributed by atoms with E-state index in [-0.39, 0.29) is 6.04 Å². The molecule has 1 aromatic carbocycles. The van der Waals surface area contributed by atoms with Gasteiger partial charge in [-0.2, -0.15) is 0 Å². The second kappa shape index (κ2) is 8.80. The van der Waals surface area contributed by atoms with Crippen LogP contribution in [0.15, 0.2) is 30.5 Å². The maximum atomic E-state index is 12.1. The van der Waals surface area contributed by atoms with Crippen LogP contribution in [0.2, 0.25) is 0 Å². The Kier molecular flexibility index (Phi) is 6.16. The quantitative estimate of drug-likeness (QED) is 0.724. The Labute approximate surface area is 174 Å². The van der Waals surface area contributed by atoms with Crippen molar-refractivity contribution in [2.45, 2.75) is 38.1 Å². The third-order valence-corrected chi connectivity index (χ3v) is 6.92. The maximum Gasteiger partial charge on any atom is 0.145 e. The third-order valence-electron chi connectivity index (χ3n) is 6.92. The molecule has 4 rings (SSSR count). The molecule has 2 aliphatic heterocycles. The minimum Gasteiger partial charge on any atom is -0.494 e. The second-order valence-electron chi connectivity index (χ2n) is 9.02. The average Bonchev–Trinajstić information content (AvgIpc) is 2.74. The smallest absolute Gasteiger partial charge is 0.145 e. The largest absolute Gasteiger partial charge is 0.494 e. The molecule has 3 atom stereocenters. The summed E-state index contributed by atoms with van der Waals surface area (Å²) in [5.41, 5.74) is 2.26. The molecule has 0 amide bonds. The van der Waals surface area contributed by atoms with Gasteiger partial charge in [-0.25, -0.2) is 0 Å². The first kappa shape index (κ1) is 20.3. The van der Waals surface area contributed by atoms with Gasteiger partial charge >= 0.3 is 0 Å². The van der Waals surface area contributed by atoms with E-state index in [4.69, 9.17) is 4.74 Å². The van der Waals surface area contributed by atoms with Crippen molar-refractivity contribution in [2.24, 2.45) is 11.8 Å². The summed E-state index contributed by atoms with van der Waals surface area (Å²) in [6.07, 6.45) is 6.42. The van der Waals surface area contributed by atoms with E-state index in [9.17, 15) is 4.79 Å². The van der Waals surface area contributed by atoms with Crippen LogP contribution in [0.25, 0.3) is 10.9 Å². The molecule has 0 radical (unpaired) electrons. The molecule has 2 saturated heterocycles. The number of hydrogen-bond donors (Lipinski definition) is 0. The normalized spacial score (nSPS) is 25.8. The standard InChI is InChI=1S/C24H33N3O2/c1-17-13-19(20-6-7-23(29-3)24-21(20)5-4-10-25-24)15-27(14-17)22(16-28)18-8-11-26(2)12-9-18/h4-7,10,16-19,22H,8-9,11-15H2,1-3H3/t17-,19-,22?/m1/s1. The predicted molar refractivity (Wildman–Crippen MR) is 116 cm³/mol. The fraction of sp³-hybridized carbons (Fsp3) is 0.583. The molecule has 3 heterocycles. The van der Waals surface area contributed by atoms with Crippen molar-refractivity contribution in [1.82, 2.24) is 14.8 Å². The van der Waals surface area contributed by atoms with Gasteiger partial charge in [-0.05, 0) is 74.8 Å². The van der Waals surface area contributed by atoms with Crippen molar-refractivity contribution in [3.8, 4) is 5.75 Å². The molecule has 0 aliphatic carbocycles. The Morgan fingerprint density at radius 1 is 1.21 bits per heavy atom. The minimum absolute atomic E-state index is 0.0385. The summed E-state index contributed by atoms with van der Waals surface area (Å²) in [7, 11) is 3.87. The Hall–Kier alpha value is -1.98. The van der Waals surface area contributed by atoms with Crippen LogP contribution in [0.4, 0.5) is 0 Å². The number of aldehydes is 1. The lowest BCUT2D eigenvalue weighted by Crippen LogP contribution is -2.51. The van der Waals surface area contributed by atoms with Gasteiger partial charge in [-0.15, -0.1) is 0 Å². The van der Waals surface area contributed by atoms with Gasteiger partial charge in [0.2, 0.25) is 0 Å². The van der Waals surface area contributed by atoms with Gasteiger partial charge in [0.15, 0.2) is 0 Å². The number of pyridine rings is 1. The molecule has 2 aliphatic rings. The summed E-state index contributed by atoms with van der Waals surface area (Å²) in [6.45, 7) is 6.46. The summed E-state index contributed by atoms with van der Waals surface area (Å²) in [6, 6.07) is 8.44. The number of aromatic nitrogens is 1. The number of nitrogens with zero attached hydrogens (tertiary/aromatic N) is 3. The molecule has 5 heteroatoms. The molecule has 2 aromatic rings. The SMILES string of the molecule is COc1ccc([C@@H]2C[C@@H](C)CN(C(C=O)C3CCN(C)CC3)C2)c2cccnc12. The van der Waals surface area contributed by atoms with Crippen molar-refractivity contribution >= 4 is 17.2 Å². The Balaban J connectivity index is 1.61. The highest BCUT2D eigenvalue weighted by Gasteiger charge is 2.35. The molecule has 0 N–H and O–H groups in total. The highest BCUT2D eigenvalue weighted by Crippen LogP contribution is 2.38. The van der Waals surface area contributed by atoms with Gasteiger partial charge in [0.1, 0.15) is 17.6 Å². The topological polar surface area (TPSA) is 45.7 Å². The van der Waals surface area contributed by atoms with E-state index in [0.29, 0.717) is 17.8 Å². The van der Waals surface area contributed by atoms with Crippen LogP contribution in [-0.4, -0.2) is 67.4 Å². The van der Waals surface area contributed by atoms with Crippen molar-refractivity contribution in [3.05, 3.63) is 36.0 Å². The number of ether oxygens (including phenoxy) is 1. The van der Waals surface area contributed by atoms with Crippen molar-refractivity contribution in [2.75, 3.05) is 40.3 Å². The van der Waals surface area contributed by atoms with Gasteiger partial charge in [-0.3, -0.25) is 9.88 Å². The van der Waals surface area contributed by atoms with Crippen LogP contribution in [0.1, 0.15) is 37.7 Å². The van der Waals surface area contributed by atoms with Crippen LogP contribution < -0.4 is 4.74 Å². The lowest BCUT2D eigenvalue weighted by Gasteiger charge is -2.43. The fourth-order valence-corrected chi connectivity index (χ4v) is 5.42. The summed E-state index contributed by atoms with van der Waals surface area (Å²) >= 11 is 0. The molecule has 2 fully saturated rings. The predicted octanol–water partition coefficient (Wildman–Crippen LogP) is 3.58. The first-order valence-electron chi connectivity index (χ1n) is 10.9. The van der Waals surface area contributed by atoms with Crippen LogP contribution in [0.5, 0.6) is 5.75 Å². The van der Waals surface area contributed by atoms with Crippen molar-refractivity contribution in [1.29, 1.82) is 0 Å². The first-order valence-corrected chi connectivity index (χ1v) is 10.9. The highest BCUT2D eigenvalue weighted by molar-refractivity contribution is 5.88. The van der Waals surface area contributed by atoms with E-state index in [2.05, 4.69) is 40.9 Å². The van der Waals surface area contributed by atoms with Gasteiger partial charge < -0.3 is 14.4 Å². The van der Waals surface area contributed by atoms with Crippen LogP contribution in [0, 0.1) is 11.8 Å². The molecule has 1 unspecified atom stereocenters. The van der Waals surface area contributed by atoms with Crippen molar-refractivity contribution < 1.29 is 9.53 Å². The Morgan fingerprint density at radius 2 is 2.00 bits per heavy atom. The average molecular weight is 396 g/mol. The Morgan fingerprint density at radius 3 is 2.72 bits per heavy atom. The van der Waals surface area contributed by atoms with E-state index < -0.39 is 0 Å². The molecule has 0 bridgehead atoms. The number of piperidine rings is 2. The summed E-state index contributed by atoms with van der Waals surface area (Å²) in [5.74, 6) is 2.27. The summed E-state index contributed by atoms with van der Waals surface area (Å²) < 4.78 is 5.53. The molecule has 156 valence electrons. The van der Waals surface area contributed by atoms with E-state index in [1.807, 2.05) is 18.3 Å². The number of fused-ring (bicyclic) bond motifs is 1. The number of carbonyl (C=O) groups is 1. The number of methoxy groups -OCH3 is 1. The third kappa shape index (κ3) is 4.17. The number of rotatable bonds is 5. The van der Waals surface area contributed by atoms with Gasteiger partial charge in [0.05, 0.1) is 13.2 Å². The number of likely N-dealkylation sites (tertiary alicyclic amines) is 2. The van der Waals surface area contributed by atoms with Crippen molar-refractivity contribution in [3.63, 3.8) is 0 Å². The van der Waals surface area contributed by atoms with Crippen LogP contribution in [-0.2, 0) is 4.79 Å². The molecule has 0 saturated carbocycles. The first-order chi connectivity index (χ1) is 14.1. The second-order valence-corrected chi connectivity index (χ2v) is 9.02. The molecule has 1 aromatic heterocycles. The minimum atomic E-state index is 0.0385.